The standard InChI is InChI=1S/C11H14N2/c1-8(2)9-4-5-11-10(6-9)7-13(3)12-11/h4-8H,1-3H3. The monoisotopic (exact) mass is 174 g/mol. The maximum atomic E-state index is 4.33. The summed E-state index contributed by atoms with van der Waals surface area (Å²) < 4.78 is 1.86. The Morgan fingerprint density at radius 3 is 2.77 bits per heavy atom. The number of hydrogen-bond donors (Lipinski definition) is 0. The van der Waals surface area contributed by atoms with Crippen LogP contribution in [0.5, 0.6) is 0 Å². The van der Waals surface area contributed by atoms with Crippen molar-refractivity contribution in [3.8, 4) is 0 Å². The first-order chi connectivity index (χ1) is 6.16. The number of hydrogen-bond acceptors (Lipinski definition) is 1. The van der Waals surface area contributed by atoms with Gasteiger partial charge in [0.15, 0.2) is 0 Å². The average molecular weight is 174 g/mol. The summed E-state index contributed by atoms with van der Waals surface area (Å²) in [6.45, 7) is 4.41. The number of fused-ring (bicyclic) bond motifs is 1. The summed E-state index contributed by atoms with van der Waals surface area (Å²) in [6.07, 6.45) is 2.06. The molecule has 0 aliphatic carbocycles. The zero-order chi connectivity index (χ0) is 9.42. The maximum absolute atomic E-state index is 4.33. The van der Waals surface area contributed by atoms with E-state index in [0.29, 0.717) is 5.92 Å². The molecule has 0 spiro atoms. The largest absolute Gasteiger partial charge is 0.275 e. The van der Waals surface area contributed by atoms with Gasteiger partial charge in [-0.3, -0.25) is 4.68 Å². The lowest BCUT2D eigenvalue weighted by molar-refractivity contribution is 0.780. The third-order valence-corrected chi connectivity index (χ3v) is 2.31. The molecule has 2 rings (SSSR count). The van der Waals surface area contributed by atoms with Crippen molar-refractivity contribution in [1.29, 1.82) is 0 Å². The zero-order valence-corrected chi connectivity index (χ0v) is 8.28. The van der Waals surface area contributed by atoms with E-state index in [9.17, 15) is 0 Å². The number of benzene rings is 1. The van der Waals surface area contributed by atoms with Gasteiger partial charge in [-0.2, -0.15) is 5.10 Å². The molecule has 0 radical (unpaired) electrons. The first kappa shape index (κ1) is 8.30. The summed E-state index contributed by atoms with van der Waals surface area (Å²) in [4.78, 5) is 0. The molecule has 0 aliphatic rings. The molecule has 0 atom stereocenters. The molecule has 2 nitrogen and oxygen atoms in total. The fraction of sp³-hybridized carbons (Fsp3) is 0.364. The van der Waals surface area contributed by atoms with Gasteiger partial charge in [-0.1, -0.05) is 19.9 Å². The van der Waals surface area contributed by atoms with Gasteiger partial charge >= 0.3 is 0 Å². The molecule has 0 bridgehead atoms. The van der Waals surface area contributed by atoms with Crippen molar-refractivity contribution in [2.75, 3.05) is 0 Å². The van der Waals surface area contributed by atoms with E-state index < -0.39 is 0 Å². The first-order valence-electron chi connectivity index (χ1n) is 4.60. The summed E-state index contributed by atoms with van der Waals surface area (Å²) in [5.41, 5.74) is 2.45. The predicted octanol–water partition coefficient (Wildman–Crippen LogP) is 2.70. The topological polar surface area (TPSA) is 17.8 Å². The van der Waals surface area contributed by atoms with Crippen LogP contribution >= 0.6 is 0 Å². The van der Waals surface area contributed by atoms with Crippen LogP contribution < -0.4 is 0 Å². The second-order valence-corrected chi connectivity index (χ2v) is 3.78. The van der Waals surface area contributed by atoms with Gasteiger partial charge in [0.1, 0.15) is 0 Å². The Balaban J connectivity index is 2.61. The van der Waals surface area contributed by atoms with Crippen LogP contribution in [0.3, 0.4) is 0 Å². The predicted molar refractivity (Wildman–Crippen MR) is 54.8 cm³/mol. The Bertz CT molecular complexity index is 427. The van der Waals surface area contributed by atoms with Crippen LogP contribution in [0, 0.1) is 0 Å². The van der Waals surface area contributed by atoms with Crippen LogP contribution in [0.15, 0.2) is 24.4 Å². The molecule has 13 heavy (non-hydrogen) atoms. The highest BCUT2D eigenvalue weighted by Crippen LogP contribution is 2.19. The second-order valence-electron chi connectivity index (χ2n) is 3.78. The van der Waals surface area contributed by atoms with Crippen molar-refractivity contribution in [1.82, 2.24) is 9.78 Å². The smallest absolute Gasteiger partial charge is 0.0923 e. The Kier molecular flexibility index (Phi) is 1.83. The molecule has 2 heteroatoms. The van der Waals surface area contributed by atoms with Gasteiger partial charge in [0, 0.05) is 18.6 Å². The number of aromatic nitrogens is 2. The average Bonchev–Trinajstić information content (AvgIpc) is 2.42. The van der Waals surface area contributed by atoms with Crippen molar-refractivity contribution in [3.63, 3.8) is 0 Å². The molecule has 0 saturated heterocycles. The minimum Gasteiger partial charge on any atom is -0.275 e. The van der Waals surface area contributed by atoms with Gasteiger partial charge in [0.05, 0.1) is 5.52 Å². The number of nitrogens with zero attached hydrogens (tertiary/aromatic N) is 2. The van der Waals surface area contributed by atoms with Crippen molar-refractivity contribution < 1.29 is 0 Å². The lowest BCUT2D eigenvalue weighted by Gasteiger charge is -2.03. The van der Waals surface area contributed by atoms with Gasteiger partial charge < -0.3 is 0 Å². The molecule has 1 heterocycles. The van der Waals surface area contributed by atoms with E-state index >= 15 is 0 Å². The second kappa shape index (κ2) is 2.87. The fourth-order valence-corrected chi connectivity index (χ4v) is 1.53. The van der Waals surface area contributed by atoms with Gasteiger partial charge in [0.25, 0.3) is 0 Å². The van der Waals surface area contributed by atoms with Crippen molar-refractivity contribution in [3.05, 3.63) is 30.0 Å². The SMILES string of the molecule is CC(C)c1ccc2nn(C)cc2c1. The fourth-order valence-electron chi connectivity index (χ4n) is 1.53. The van der Waals surface area contributed by atoms with Gasteiger partial charge in [-0.05, 0) is 23.6 Å². The third kappa shape index (κ3) is 1.44. The normalized spacial score (nSPS) is 11.4. The number of aryl methyl sites for hydroxylation is 1. The van der Waals surface area contributed by atoms with E-state index in [1.165, 1.54) is 10.9 Å². The van der Waals surface area contributed by atoms with E-state index in [-0.39, 0.29) is 0 Å². The summed E-state index contributed by atoms with van der Waals surface area (Å²) in [6, 6.07) is 6.46. The summed E-state index contributed by atoms with van der Waals surface area (Å²) in [7, 11) is 1.95. The highest BCUT2D eigenvalue weighted by atomic mass is 15.2. The third-order valence-electron chi connectivity index (χ3n) is 2.31. The highest BCUT2D eigenvalue weighted by molar-refractivity contribution is 5.78. The van der Waals surface area contributed by atoms with E-state index in [1.807, 2.05) is 11.7 Å². The molecular weight excluding hydrogens is 160 g/mol. The lowest BCUT2D eigenvalue weighted by Crippen LogP contribution is -1.85. The lowest BCUT2D eigenvalue weighted by atomic mass is 10.0. The summed E-state index contributed by atoms with van der Waals surface area (Å²) >= 11 is 0. The molecule has 1 aromatic heterocycles. The molecule has 0 fully saturated rings. The molecule has 1 aromatic carbocycles. The van der Waals surface area contributed by atoms with Gasteiger partial charge in [0.2, 0.25) is 0 Å². The molecular formula is C11H14N2. The Morgan fingerprint density at radius 2 is 2.08 bits per heavy atom. The Hall–Kier alpha value is -1.31. The molecule has 0 saturated carbocycles. The van der Waals surface area contributed by atoms with Gasteiger partial charge in [-0.25, -0.2) is 0 Å². The van der Waals surface area contributed by atoms with Crippen LogP contribution in [0.2, 0.25) is 0 Å². The Labute approximate surface area is 78.2 Å². The maximum Gasteiger partial charge on any atom is 0.0923 e. The molecule has 0 amide bonds. The quantitative estimate of drug-likeness (QED) is 0.650. The van der Waals surface area contributed by atoms with E-state index in [4.69, 9.17) is 0 Å². The Morgan fingerprint density at radius 1 is 1.31 bits per heavy atom. The molecule has 68 valence electrons. The molecule has 2 aromatic rings. The minimum atomic E-state index is 0.588. The van der Waals surface area contributed by atoms with Crippen LogP contribution in [-0.4, -0.2) is 9.78 Å². The minimum absolute atomic E-state index is 0.588. The van der Waals surface area contributed by atoms with Crippen molar-refractivity contribution in [2.24, 2.45) is 7.05 Å². The van der Waals surface area contributed by atoms with E-state index in [0.717, 1.165) is 5.52 Å². The summed E-state index contributed by atoms with van der Waals surface area (Å²) in [5.74, 6) is 0.588. The van der Waals surface area contributed by atoms with Crippen molar-refractivity contribution in [2.45, 2.75) is 19.8 Å². The van der Waals surface area contributed by atoms with E-state index in [2.05, 4.69) is 43.3 Å². The van der Waals surface area contributed by atoms with Crippen LogP contribution in [0.1, 0.15) is 25.3 Å². The molecule has 0 unspecified atom stereocenters. The van der Waals surface area contributed by atoms with Crippen molar-refractivity contribution >= 4 is 10.9 Å². The van der Waals surface area contributed by atoms with Crippen LogP contribution in [-0.2, 0) is 7.05 Å². The van der Waals surface area contributed by atoms with Gasteiger partial charge in [-0.15, -0.1) is 0 Å². The van der Waals surface area contributed by atoms with Crippen LogP contribution in [0.25, 0.3) is 10.9 Å². The molecule has 0 aliphatic heterocycles. The van der Waals surface area contributed by atoms with Crippen LogP contribution in [0.4, 0.5) is 0 Å². The first-order valence-corrected chi connectivity index (χ1v) is 4.60. The highest BCUT2D eigenvalue weighted by Gasteiger charge is 2.02. The zero-order valence-electron chi connectivity index (χ0n) is 8.28. The molecule has 0 N–H and O–H groups in total. The number of rotatable bonds is 1. The summed E-state index contributed by atoms with van der Waals surface area (Å²) in [5, 5.41) is 5.56. The van der Waals surface area contributed by atoms with E-state index in [1.54, 1.807) is 0 Å².